The maximum Gasteiger partial charge on any atom is 0.319 e. The van der Waals surface area contributed by atoms with Gasteiger partial charge in [-0.1, -0.05) is 12.1 Å². The van der Waals surface area contributed by atoms with Crippen molar-refractivity contribution >= 4 is 11.7 Å². The summed E-state index contributed by atoms with van der Waals surface area (Å²) in [6.07, 6.45) is 4.68. The molecule has 1 aromatic carbocycles. The number of anilines is 1. The highest BCUT2D eigenvalue weighted by Gasteiger charge is 2.31. The van der Waals surface area contributed by atoms with E-state index in [4.69, 9.17) is 4.74 Å². The van der Waals surface area contributed by atoms with E-state index in [0.717, 1.165) is 29.8 Å². The van der Waals surface area contributed by atoms with Gasteiger partial charge in [-0.05, 0) is 43.5 Å². The molecule has 0 spiro atoms. The summed E-state index contributed by atoms with van der Waals surface area (Å²) in [7, 11) is 0. The van der Waals surface area contributed by atoms with E-state index in [0.29, 0.717) is 13.2 Å². The van der Waals surface area contributed by atoms with Crippen LogP contribution in [0.1, 0.15) is 24.5 Å². The summed E-state index contributed by atoms with van der Waals surface area (Å²) < 4.78 is 7.23. The molecule has 23 heavy (non-hydrogen) atoms. The van der Waals surface area contributed by atoms with E-state index >= 15 is 0 Å². The highest BCUT2D eigenvalue weighted by molar-refractivity contribution is 5.89. The predicted molar refractivity (Wildman–Crippen MR) is 88.5 cm³/mol. The Morgan fingerprint density at radius 2 is 2.17 bits per heavy atom. The van der Waals surface area contributed by atoms with Crippen LogP contribution in [0.5, 0.6) is 0 Å². The molecule has 3 rings (SSSR count). The number of carbonyl (C=O) groups excluding carboxylic acids is 1. The van der Waals surface area contributed by atoms with Gasteiger partial charge >= 0.3 is 6.03 Å². The number of carbonyl (C=O) groups is 1. The third-order valence-corrected chi connectivity index (χ3v) is 3.95. The van der Waals surface area contributed by atoms with Crippen LogP contribution in [0.3, 0.4) is 0 Å². The van der Waals surface area contributed by atoms with E-state index in [1.54, 1.807) is 0 Å². The van der Waals surface area contributed by atoms with Gasteiger partial charge in [0.15, 0.2) is 0 Å². The zero-order chi connectivity index (χ0) is 16.3. The average molecular weight is 314 g/mol. The normalized spacial score (nSPS) is 20.4. The molecule has 2 aromatic rings. The summed E-state index contributed by atoms with van der Waals surface area (Å²) in [4.78, 5) is 12.1. The van der Waals surface area contributed by atoms with Crippen molar-refractivity contribution in [2.45, 2.75) is 32.4 Å². The highest BCUT2D eigenvalue weighted by atomic mass is 16.5. The minimum atomic E-state index is -0.276. The smallest absolute Gasteiger partial charge is 0.319 e. The lowest BCUT2D eigenvalue weighted by Gasteiger charge is -2.23. The number of amides is 2. The number of nitrogens with zero attached hydrogens (tertiary/aromatic N) is 2. The zero-order valence-electron chi connectivity index (χ0n) is 13.5. The Morgan fingerprint density at radius 3 is 2.78 bits per heavy atom. The molecule has 0 radical (unpaired) electrons. The minimum absolute atomic E-state index is 0.201. The monoisotopic (exact) mass is 314 g/mol. The largest absolute Gasteiger partial charge is 0.379 e. The number of hydrogen-bond acceptors (Lipinski definition) is 3. The Morgan fingerprint density at radius 1 is 1.39 bits per heavy atom. The van der Waals surface area contributed by atoms with Crippen LogP contribution in [0.25, 0.3) is 0 Å². The van der Waals surface area contributed by atoms with Crippen LogP contribution in [0.2, 0.25) is 0 Å². The molecule has 0 saturated carbocycles. The van der Waals surface area contributed by atoms with Crippen LogP contribution < -0.4 is 10.6 Å². The summed E-state index contributed by atoms with van der Waals surface area (Å²) in [6.45, 7) is 5.98. The maximum atomic E-state index is 12.1. The first-order chi connectivity index (χ1) is 11.0. The fourth-order valence-corrected chi connectivity index (χ4v) is 2.64. The van der Waals surface area contributed by atoms with Crippen LogP contribution in [0, 0.1) is 6.92 Å². The average Bonchev–Trinajstić information content (AvgIpc) is 3.10. The van der Waals surface area contributed by atoms with Crippen LogP contribution in [0.4, 0.5) is 10.5 Å². The van der Waals surface area contributed by atoms with Crippen molar-refractivity contribution < 1.29 is 9.53 Å². The SMILES string of the molecule is Cc1cnn(Cc2ccc(NC(=O)N[C@@]3(C)CCOC3)cc2)c1. The molecule has 122 valence electrons. The first-order valence-corrected chi connectivity index (χ1v) is 7.77. The van der Waals surface area contributed by atoms with Gasteiger partial charge in [0.25, 0.3) is 0 Å². The Labute approximate surface area is 135 Å². The topological polar surface area (TPSA) is 68.2 Å². The highest BCUT2D eigenvalue weighted by Crippen LogP contribution is 2.18. The minimum Gasteiger partial charge on any atom is -0.379 e. The molecular formula is C17H22N4O2. The van der Waals surface area contributed by atoms with E-state index in [1.807, 2.05) is 55.2 Å². The molecule has 1 atom stereocenters. The zero-order valence-corrected chi connectivity index (χ0v) is 13.5. The molecule has 6 heteroatoms. The summed E-state index contributed by atoms with van der Waals surface area (Å²) in [5, 5.41) is 10.1. The Bertz CT molecular complexity index is 672. The van der Waals surface area contributed by atoms with Gasteiger partial charge in [-0.25, -0.2) is 4.79 Å². The van der Waals surface area contributed by atoms with Crippen LogP contribution in [0.15, 0.2) is 36.7 Å². The number of nitrogens with one attached hydrogen (secondary N) is 2. The van der Waals surface area contributed by atoms with Gasteiger partial charge in [0.2, 0.25) is 0 Å². The number of rotatable bonds is 4. The lowest BCUT2D eigenvalue weighted by atomic mass is 10.0. The molecular weight excluding hydrogens is 292 g/mol. The molecule has 2 N–H and O–H groups in total. The molecule has 1 aliphatic rings. The summed E-state index contributed by atoms with van der Waals surface area (Å²) in [6, 6.07) is 7.59. The second kappa shape index (κ2) is 6.42. The van der Waals surface area contributed by atoms with Gasteiger partial charge < -0.3 is 15.4 Å². The fourth-order valence-electron chi connectivity index (χ4n) is 2.64. The van der Waals surface area contributed by atoms with Crippen molar-refractivity contribution in [3.8, 4) is 0 Å². The van der Waals surface area contributed by atoms with Gasteiger partial charge in [-0.15, -0.1) is 0 Å². The quantitative estimate of drug-likeness (QED) is 0.911. The van der Waals surface area contributed by atoms with Crippen molar-refractivity contribution in [2.24, 2.45) is 0 Å². The number of ether oxygens (including phenoxy) is 1. The summed E-state index contributed by atoms with van der Waals surface area (Å²) >= 11 is 0. The Balaban J connectivity index is 1.55. The molecule has 1 aliphatic heterocycles. The van der Waals surface area contributed by atoms with E-state index in [-0.39, 0.29) is 11.6 Å². The van der Waals surface area contributed by atoms with Crippen LogP contribution in [-0.2, 0) is 11.3 Å². The third-order valence-electron chi connectivity index (χ3n) is 3.95. The molecule has 1 fully saturated rings. The van der Waals surface area contributed by atoms with E-state index in [1.165, 1.54) is 0 Å². The Kier molecular flexibility index (Phi) is 4.34. The molecule has 6 nitrogen and oxygen atoms in total. The number of hydrogen-bond donors (Lipinski definition) is 2. The van der Waals surface area contributed by atoms with Gasteiger partial charge in [-0.3, -0.25) is 4.68 Å². The lowest BCUT2D eigenvalue weighted by molar-refractivity contribution is 0.172. The van der Waals surface area contributed by atoms with Crippen molar-refractivity contribution in [1.82, 2.24) is 15.1 Å². The molecule has 2 amide bonds. The molecule has 0 aliphatic carbocycles. The summed E-state index contributed by atoms with van der Waals surface area (Å²) in [5.74, 6) is 0. The summed E-state index contributed by atoms with van der Waals surface area (Å²) in [5.41, 5.74) is 2.77. The number of urea groups is 1. The number of benzene rings is 1. The van der Waals surface area contributed by atoms with Crippen molar-refractivity contribution in [2.75, 3.05) is 18.5 Å². The van der Waals surface area contributed by atoms with E-state index in [9.17, 15) is 4.79 Å². The van der Waals surface area contributed by atoms with Gasteiger partial charge in [0.05, 0.1) is 24.9 Å². The van der Waals surface area contributed by atoms with Gasteiger partial charge in [0.1, 0.15) is 0 Å². The van der Waals surface area contributed by atoms with E-state index in [2.05, 4.69) is 15.7 Å². The second-order valence-electron chi connectivity index (χ2n) is 6.35. The van der Waals surface area contributed by atoms with Gasteiger partial charge in [0, 0.05) is 18.5 Å². The molecule has 1 saturated heterocycles. The molecule has 0 unspecified atom stereocenters. The third kappa shape index (κ3) is 4.10. The van der Waals surface area contributed by atoms with Crippen molar-refractivity contribution in [1.29, 1.82) is 0 Å². The van der Waals surface area contributed by atoms with Crippen molar-refractivity contribution in [3.05, 3.63) is 47.8 Å². The first kappa shape index (κ1) is 15.6. The molecule has 2 heterocycles. The standard InChI is InChI=1S/C17H22N4O2/c1-13-9-18-21(10-13)11-14-3-5-15(6-4-14)19-16(22)20-17(2)7-8-23-12-17/h3-6,9-10H,7-8,11-12H2,1-2H3,(H2,19,20,22)/t17-/m0/s1. The van der Waals surface area contributed by atoms with Crippen molar-refractivity contribution in [3.63, 3.8) is 0 Å². The predicted octanol–water partition coefficient (Wildman–Crippen LogP) is 2.54. The molecule has 0 bridgehead atoms. The fraction of sp³-hybridized carbons (Fsp3) is 0.412. The first-order valence-electron chi connectivity index (χ1n) is 7.77. The van der Waals surface area contributed by atoms with Crippen LogP contribution >= 0.6 is 0 Å². The lowest BCUT2D eigenvalue weighted by Crippen LogP contribution is -2.48. The second-order valence-corrected chi connectivity index (χ2v) is 6.35. The van der Waals surface area contributed by atoms with Crippen LogP contribution in [-0.4, -0.2) is 34.6 Å². The van der Waals surface area contributed by atoms with Gasteiger partial charge in [-0.2, -0.15) is 5.10 Å². The van der Waals surface area contributed by atoms with E-state index < -0.39 is 0 Å². The maximum absolute atomic E-state index is 12.1. The number of aromatic nitrogens is 2. The Hall–Kier alpha value is -2.34. The number of aryl methyl sites for hydroxylation is 1. The molecule has 1 aromatic heterocycles.